The second-order valence-electron chi connectivity index (χ2n) is 6.47. The van der Waals surface area contributed by atoms with Crippen LogP contribution in [0.4, 0.5) is 0 Å². The summed E-state index contributed by atoms with van der Waals surface area (Å²) in [7, 11) is 4.77. The summed E-state index contributed by atoms with van der Waals surface area (Å²) in [4.78, 5) is 17.1. The van der Waals surface area contributed by atoms with Gasteiger partial charge in [0.25, 0.3) is 5.91 Å². The predicted molar refractivity (Wildman–Crippen MR) is 109 cm³/mol. The van der Waals surface area contributed by atoms with Gasteiger partial charge in [-0.1, -0.05) is 12.1 Å². The summed E-state index contributed by atoms with van der Waals surface area (Å²) in [5.41, 5.74) is 1.82. The molecule has 1 atom stereocenters. The van der Waals surface area contributed by atoms with E-state index in [1.165, 1.54) is 0 Å². The highest BCUT2D eigenvalue weighted by Crippen LogP contribution is 2.35. The Morgan fingerprint density at radius 2 is 1.90 bits per heavy atom. The minimum atomic E-state index is -0.216. The highest BCUT2D eigenvalue weighted by Gasteiger charge is 2.19. The second kappa shape index (κ2) is 9.25. The van der Waals surface area contributed by atoms with E-state index in [0.29, 0.717) is 40.9 Å². The van der Waals surface area contributed by atoms with Crippen LogP contribution in [0.3, 0.4) is 0 Å². The molecule has 1 amide bonds. The van der Waals surface area contributed by atoms with Gasteiger partial charge >= 0.3 is 0 Å². The van der Waals surface area contributed by atoms with E-state index in [-0.39, 0.29) is 11.9 Å². The van der Waals surface area contributed by atoms with Crippen molar-refractivity contribution < 1.29 is 23.4 Å². The number of amides is 1. The lowest BCUT2D eigenvalue weighted by Crippen LogP contribution is -2.35. The highest BCUT2D eigenvalue weighted by atomic mass is 16.5. The van der Waals surface area contributed by atoms with Crippen molar-refractivity contribution in [2.24, 2.45) is 0 Å². The van der Waals surface area contributed by atoms with Gasteiger partial charge in [0, 0.05) is 24.8 Å². The third-order valence-electron chi connectivity index (χ3n) is 4.38. The lowest BCUT2D eigenvalue weighted by molar-refractivity contribution is 0.0906. The predicted octanol–water partition coefficient (Wildman–Crippen LogP) is 3.79. The maximum atomic E-state index is 12.7. The van der Waals surface area contributed by atoms with E-state index in [9.17, 15) is 4.79 Å². The number of aromatic nitrogens is 1. The van der Waals surface area contributed by atoms with E-state index in [1.54, 1.807) is 51.8 Å². The zero-order valence-corrected chi connectivity index (χ0v) is 16.9. The lowest BCUT2D eigenvalue weighted by Gasteiger charge is -2.14. The van der Waals surface area contributed by atoms with Gasteiger partial charge in [-0.3, -0.25) is 4.79 Å². The zero-order valence-electron chi connectivity index (χ0n) is 16.9. The standard InChI is InChI=1S/C22H24N2O5/c1-14(13-26-2)24-21(25)16-7-5-6-8-17(16)22-23-12-20(29-22)18-10-9-15(27-3)11-19(18)28-4/h5-12,14H,13H2,1-4H3,(H,24,25). The topological polar surface area (TPSA) is 82.8 Å². The fourth-order valence-corrected chi connectivity index (χ4v) is 2.99. The number of nitrogens with one attached hydrogen (secondary N) is 1. The highest BCUT2D eigenvalue weighted by molar-refractivity contribution is 6.00. The molecule has 1 aromatic heterocycles. The molecular formula is C22H24N2O5. The molecule has 1 heterocycles. The van der Waals surface area contributed by atoms with Crippen LogP contribution in [0.15, 0.2) is 53.1 Å². The SMILES string of the molecule is COCC(C)NC(=O)c1ccccc1-c1ncc(-c2ccc(OC)cc2OC)o1. The van der Waals surface area contributed by atoms with Crippen molar-refractivity contribution in [2.45, 2.75) is 13.0 Å². The van der Waals surface area contributed by atoms with Gasteiger partial charge < -0.3 is 23.9 Å². The summed E-state index contributed by atoms with van der Waals surface area (Å²) in [6, 6.07) is 12.5. The molecule has 3 aromatic rings. The number of hydrogen-bond donors (Lipinski definition) is 1. The van der Waals surface area contributed by atoms with Crippen molar-refractivity contribution in [1.82, 2.24) is 10.3 Å². The van der Waals surface area contributed by atoms with E-state index >= 15 is 0 Å². The molecule has 152 valence electrons. The first-order valence-electron chi connectivity index (χ1n) is 9.14. The van der Waals surface area contributed by atoms with Crippen LogP contribution in [-0.2, 0) is 4.74 Å². The molecule has 0 aliphatic heterocycles. The average Bonchev–Trinajstić information content (AvgIpc) is 3.23. The van der Waals surface area contributed by atoms with Crippen LogP contribution in [0, 0.1) is 0 Å². The van der Waals surface area contributed by atoms with Crippen molar-refractivity contribution in [3.63, 3.8) is 0 Å². The number of nitrogens with zero attached hydrogens (tertiary/aromatic N) is 1. The Balaban J connectivity index is 1.93. The van der Waals surface area contributed by atoms with Crippen LogP contribution in [-0.4, -0.2) is 44.9 Å². The first-order valence-corrected chi connectivity index (χ1v) is 9.14. The molecule has 1 N–H and O–H groups in total. The Morgan fingerprint density at radius 1 is 1.10 bits per heavy atom. The monoisotopic (exact) mass is 396 g/mol. The van der Waals surface area contributed by atoms with Gasteiger partial charge in [0.05, 0.1) is 38.2 Å². The molecule has 0 bridgehead atoms. The third-order valence-corrected chi connectivity index (χ3v) is 4.38. The number of oxazole rings is 1. The molecule has 0 saturated carbocycles. The Labute approximate surface area is 169 Å². The number of carbonyl (C=O) groups excluding carboxylic acids is 1. The normalized spacial score (nSPS) is 11.7. The van der Waals surface area contributed by atoms with Crippen LogP contribution in [0.1, 0.15) is 17.3 Å². The molecule has 3 rings (SSSR count). The van der Waals surface area contributed by atoms with Crippen LogP contribution in [0.2, 0.25) is 0 Å². The van der Waals surface area contributed by atoms with Gasteiger partial charge in [-0.15, -0.1) is 0 Å². The maximum absolute atomic E-state index is 12.7. The van der Waals surface area contributed by atoms with Crippen LogP contribution >= 0.6 is 0 Å². The molecule has 0 radical (unpaired) electrons. The first kappa shape index (κ1) is 20.4. The molecule has 1 unspecified atom stereocenters. The van der Waals surface area contributed by atoms with Gasteiger partial charge in [0.15, 0.2) is 5.76 Å². The maximum Gasteiger partial charge on any atom is 0.252 e. The van der Waals surface area contributed by atoms with Crippen molar-refractivity contribution in [2.75, 3.05) is 27.9 Å². The Morgan fingerprint density at radius 3 is 2.62 bits per heavy atom. The molecular weight excluding hydrogens is 372 g/mol. The summed E-state index contributed by atoms with van der Waals surface area (Å²) < 4.78 is 21.7. The fraction of sp³-hybridized carbons (Fsp3) is 0.273. The summed E-state index contributed by atoms with van der Waals surface area (Å²) in [6.45, 7) is 2.30. The van der Waals surface area contributed by atoms with Crippen LogP contribution in [0.25, 0.3) is 22.8 Å². The van der Waals surface area contributed by atoms with Crippen LogP contribution < -0.4 is 14.8 Å². The summed E-state index contributed by atoms with van der Waals surface area (Å²) in [6.07, 6.45) is 1.61. The molecule has 0 aliphatic carbocycles. The van der Waals surface area contributed by atoms with Gasteiger partial charge in [0.1, 0.15) is 11.5 Å². The summed E-state index contributed by atoms with van der Waals surface area (Å²) in [5.74, 6) is 1.95. The van der Waals surface area contributed by atoms with Gasteiger partial charge in [-0.25, -0.2) is 4.98 Å². The van der Waals surface area contributed by atoms with Crippen molar-refractivity contribution in [3.8, 4) is 34.3 Å². The third kappa shape index (κ3) is 4.57. The van der Waals surface area contributed by atoms with E-state index in [4.69, 9.17) is 18.6 Å². The molecule has 29 heavy (non-hydrogen) atoms. The summed E-state index contributed by atoms with van der Waals surface area (Å²) in [5, 5.41) is 2.91. The number of ether oxygens (including phenoxy) is 3. The Kier molecular flexibility index (Phi) is 6.51. The second-order valence-corrected chi connectivity index (χ2v) is 6.47. The van der Waals surface area contributed by atoms with Crippen molar-refractivity contribution >= 4 is 5.91 Å². The Hall–Kier alpha value is -3.32. The quantitative estimate of drug-likeness (QED) is 0.624. The minimum absolute atomic E-state index is 0.121. The first-order chi connectivity index (χ1) is 14.1. The van der Waals surface area contributed by atoms with Gasteiger partial charge in [-0.05, 0) is 31.2 Å². The number of rotatable bonds is 8. The van der Waals surface area contributed by atoms with Crippen molar-refractivity contribution in [3.05, 3.63) is 54.2 Å². The van der Waals surface area contributed by atoms with Crippen molar-refractivity contribution in [1.29, 1.82) is 0 Å². The molecule has 2 aromatic carbocycles. The van der Waals surface area contributed by atoms with E-state index in [0.717, 1.165) is 5.56 Å². The molecule has 0 aliphatic rings. The number of methoxy groups -OCH3 is 3. The number of hydrogen-bond acceptors (Lipinski definition) is 6. The smallest absolute Gasteiger partial charge is 0.252 e. The zero-order chi connectivity index (χ0) is 20.8. The number of benzene rings is 2. The van der Waals surface area contributed by atoms with E-state index in [1.807, 2.05) is 25.1 Å². The fourth-order valence-electron chi connectivity index (χ4n) is 2.99. The van der Waals surface area contributed by atoms with Gasteiger partial charge in [0.2, 0.25) is 5.89 Å². The van der Waals surface area contributed by atoms with Gasteiger partial charge in [-0.2, -0.15) is 0 Å². The molecule has 7 nitrogen and oxygen atoms in total. The molecule has 0 spiro atoms. The molecule has 7 heteroatoms. The minimum Gasteiger partial charge on any atom is -0.497 e. The lowest BCUT2D eigenvalue weighted by atomic mass is 10.1. The average molecular weight is 396 g/mol. The molecule has 0 fully saturated rings. The van der Waals surface area contributed by atoms with Crippen LogP contribution in [0.5, 0.6) is 11.5 Å². The number of carbonyl (C=O) groups is 1. The van der Waals surface area contributed by atoms with E-state index in [2.05, 4.69) is 10.3 Å². The Bertz CT molecular complexity index is 983. The largest absolute Gasteiger partial charge is 0.497 e. The van der Waals surface area contributed by atoms with E-state index < -0.39 is 0 Å². The summed E-state index contributed by atoms with van der Waals surface area (Å²) >= 11 is 0. The molecule has 0 saturated heterocycles.